The molecule has 1 aliphatic rings. The van der Waals surface area contributed by atoms with Gasteiger partial charge < -0.3 is 25.2 Å². The van der Waals surface area contributed by atoms with Crippen LogP contribution in [0.4, 0.5) is 4.39 Å². The van der Waals surface area contributed by atoms with Crippen molar-refractivity contribution in [3.63, 3.8) is 0 Å². The van der Waals surface area contributed by atoms with Gasteiger partial charge in [-0.1, -0.05) is 30.3 Å². The monoisotopic (exact) mass is 443 g/mol. The highest BCUT2D eigenvalue weighted by Gasteiger charge is 2.43. The number of thiophene rings is 1. The zero-order valence-corrected chi connectivity index (χ0v) is 17.8. The number of hydrogen-bond donors (Lipinski definition) is 4. The molecule has 4 rings (SSSR count). The van der Waals surface area contributed by atoms with Gasteiger partial charge in [-0.3, -0.25) is 0 Å². The molecule has 0 unspecified atom stereocenters. The van der Waals surface area contributed by atoms with Gasteiger partial charge in [-0.15, -0.1) is 11.3 Å². The Bertz CT molecular complexity index is 1030. The molecule has 1 fully saturated rings. The highest BCUT2D eigenvalue weighted by molar-refractivity contribution is 7.15. The summed E-state index contributed by atoms with van der Waals surface area (Å²) in [6.07, 6.45) is -5.21. The Labute approximate surface area is 184 Å². The first-order valence-electron chi connectivity index (χ1n) is 10.1. The summed E-state index contributed by atoms with van der Waals surface area (Å²) >= 11 is 1.63. The Morgan fingerprint density at radius 2 is 1.68 bits per heavy atom. The molecule has 1 saturated heterocycles. The van der Waals surface area contributed by atoms with E-state index in [1.807, 2.05) is 37.3 Å². The molecule has 0 radical (unpaired) electrons. The van der Waals surface area contributed by atoms with Crippen LogP contribution in [0.2, 0.25) is 0 Å². The normalized spacial score (nSPS) is 26.2. The summed E-state index contributed by atoms with van der Waals surface area (Å²) in [5.74, 6) is -0.263. The van der Waals surface area contributed by atoms with Gasteiger partial charge in [0.25, 0.3) is 0 Å². The molecule has 0 bridgehead atoms. The average molecular weight is 444 g/mol. The van der Waals surface area contributed by atoms with Gasteiger partial charge in [0.2, 0.25) is 0 Å². The molecule has 2 heterocycles. The summed E-state index contributed by atoms with van der Waals surface area (Å²) in [6.45, 7) is 1.54. The molecular weight excluding hydrogens is 418 g/mol. The smallest absolute Gasteiger partial charge is 0.123 e. The van der Waals surface area contributed by atoms with E-state index < -0.39 is 37.1 Å². The number of aryl methyl sites for hydroxylation is 1. The van der Waals surface area contributed by atoms with E-state index in [-0.39, 0.29) is 5.82 Å². The molecule has 2 aromatic carbocycles. The quantitative estimate of drug-likeness (QED) is 0.487. The maximum Gasteiger partial charge on any atom is 0.123 e. The van der Waals surface area contributed by atoms with Crippen LogP contribution in [0.1, 0.15) is 27.7 Å². The molecule has 1 aromatic heterocycles. The van der Waals surface area contributed by atoms with Gasteiger partial charge in [-0.2, -0.15) is 0 Å². The van der Waals surface area contributed by atoms with Gasteiger partial charge in [-0.05, 0) is 53.4 Å². The standard InChI is InChI=1S/C24H25FO5S/c1-13-2-3-15(24-23(29)22(28)21(27)19(12-26)30-24)10-16(13)11-18-8-9-20(31-18)14-4-6-17(25)7-5-14/h2-10,19,21-24,26-29H,11-12H2,1H3/t19-,21-,22+,23-,24+/m1/s1/i25-1. The minimum atomic E-state index is -1.41. The van der Waals surface area contributed by atoms with Gasteiger partial charge in [0.05, 0.1) is 6.61 Å². The molecule has 0 aliphatic carbocycles. The van der Waals surface area contributed by atoms with E-state index in [4.69, 9.17) is 4.74 Å². The van der Waals surface area contributed by atoms with E-state index in [1.54, 1.807) is 23.5 Å². The van der Waals surface area contributed by atoms with Crippen LogP contribution >= 0.6 is 11.3 Å². The van der Waals surface area contributed by atoms with Crippen LogP contribution in [0.3, 0.4) is 0 Å². The molecule has 0 amide bonds. The SMILES string of the molecule is Cc1ccc([C@@H]2O[C@H](CO)[C@@H](O)[C@H](O)[C@H]2O)cc1Cc1ccc(-c2ccc([18F])cc2)s1. The number of benzene rings is 2. The third kappa shape index (κ3) is 4.57. The third-order valence-electron chi connectivity index (χ3n) is 5.75. The molecule has 3 aromatic rings. The molecule has 0 saturated carbocycles. The predicted octanol–water partition coefficient (Wildman–Crippen LogP) is 2.97. The number of aliphatic hydroxyl groups is 4. The molecule has 31 heavy (non-hydrogen) atoms. The largest absolute Gasteiger partial charge is 0.394 e. The summed E-state index contributed by atoms with van der Waals surface area (Å²) in [7, 11) is 0. The Morgan fingerprint density at radius 3 is 2.39 bits per heavy atom. The zero-order valence-electron chi connectivity index (χ0n) is 17.0. The minimum Gasteiger partial charge on any atom is -0.394 e. The fraction of sp³-hybridized carbons (Fsp3) is 0.333. The fourth-order valence-electron chi connectivity index (χ4n) is 3.87. The lowest BCUT2D eigenvalue weighted by atomic mass is 9.89. The van der Waals surface area contributed by atoms with Crippen LogP contribution in [0.25, 0.3) is 10.4 Å². The predicted molar refractivity (Wildman–Crippen MR) is 116 cm³/mol. The Balaban J connectivity index is 1.57. The first kappa shape index (κ1) is 22.1. The lowest BCUT2D eigenvalue weighted by Gasteiger charge is -2.40. The first-order valence-corrected chi connectivity index (χ1v) is 10.9. The van der Waals surface area contributed by atoms with Gasteiger partial charge in [0.1, 0.15) is 36.3 Å². The Kier molecular flexibility index (Phi) is 6.52. The maximum atomic E-state index is 13.2. The molecule has 4 N–H and O–H groups in total. The maximum absolute atomic E-state index is 13.2. The van der Waals surface area contributed by atoms with Gasteiger partial charge >= 0.3 is 0 Å². The second-order valence-electron chi connectivity index (χ2n) is 7.89. The first-order chi connectivity index (χ1) is 14.9. The number of aliphatic hydroxyl groups excluding tert-OH is 4. The van der Waals surface area contributed by atoms with E-state index in [0.29, 0.717) is 12.0 Å². The third-order valence-corrected chi connectivity index (χ3v) is 6.88. The van der Waals surface area contributed by atoms with Crippen LogP contribution < -0.4 is 0 Å². The number of ether oxygens (including phenoxy) is 1. The van der Waals surface area contributed by atoms with Crippen molar-refractivity contribution in [1.82, 2.24) is 0 Å². The Morgan fingerprint density at radius 1 is 0.935 bits per heavy atom. The van der Waals surface area contributed by atoms with Crippen molar-refractivity contribution in [3.05, 3.63) is 82.0 Å². The van der Waals surface area contributed by atoms with E-state index >= 15 is 0 Å². The van der Waals surface area contributed by atoms with Crippen molar-refractivity contribution in [1.29, 1.82) is 0 Å². The summed E-state index contributed by atoms with van der Waals surface area (Å²) < 4.78 is 18.9. The minimum absolute atomic E-state index is 0.263. The van der Waals surface area contributed by atoms with Crippen LogP contribution in [0.5, 0.6) is 0 Å². The zero-order chi connectivity index (χ0) is 22.1. The number of hydrogen-bond acceptors (Lipinski definition) is 6. The molecule has 0 spiro atoms. The summed E-state index contributed by atoms with van der Waals surface area (Å²) in [6, 6.07) is 16.2. The fourth-order valence-corrected chi connectivity index (χ4v) is 4.90. The second-order valence-corrected chi connectivity index (χ2v) is 9.05. The van der Waals surface area contributed by atoms with E-state index in [9.17, 15) is 24.8 Å². The topological polar surface area (TPSA) is 90.2 Å². The molecule has 5 nitrogen and oxygen atoms in total. The summed E-state index contributed by atoms with van der Waals surface area (Å²) in [4.78, 5) is 2.19. The van der Waals surface area contributed by atoms with Crippen molar-refractivity contribution in [3.8, 4) is 10.4 Å². The van der Waals surface area contributed by atoms with Gasteiger partial charge in [0.15, 0.2) is 0 Å². The molecule has 1 aliphatic heterocycles. The Hall–Kier alpha value is -2.13. The van der Waals surface area contributed by atoms with Crippen LogP contribution in [0.15, 0.2) is 54.6 Å². The highest BCUT2D eigenvalue weighted by atomic mass is 32.1. The van der Waals surface area contributed by atoms with Crippen molar-refractivity contribution in [2.24, 2.45) is 0 Å². The van der Waals surface area contributed by atoms with Crippen LogP contribution in [0, 0.1) is 12.7 Å². The van der Waals surface area contributed by atoms with Crippen LogP contribution in [-0.4, -0.2) is 51.4 Å². The second kappa shape index (κ2) is 9.16. The molecular formula is C24H25FO5S. The van der Waals surface area contributed by atoms with Crippen molar-refractivity contribution >= 4 is 11.3 Å². The average Bonchev–Trinajstić information content (AvgIpc) is 3.23. The summed E-state index contributed by atoms with van der Waals surface area (Å²) in [5.41, 5.74) is 3.75. The van der Waals surface area contributed by atoms with Crippen LogP contribution in [-0.2, 0) is 11.2 Å². The molecule has 5 atom stereocenters. The lowest BCUT2D eigenvalue weighted by molar-refractivity contribution is -0.231. The van der Waals surface area contributed by atoms with Crippen molar-refractivity contribution in [2.45, 2.75) is 43.9 Å². The van der Waals surface area contributed by atoms with E-state index in [0.717, 1.165) is 26.4 Å². The molecule has 164 valence electrons. The molecule has 7 heteroatoms. The summed E-state index contributed by atoms with van der Waals surface area (Å²) in [5, 5.41) is 40.0. The number of halogens is 1. The van der Waals surface area contributed by atoms with Gasteiger partial charge in [0, 0.05) is 16.2 Å². The highest BCUT2D eigenvalue weighted by Crippen LogP contribution is 2.35. The van der Waals surface area contributed by atoms with E-state index in [2.05, 4.69) is 0 Å². The van der Waals surface area contributed by atoms with Crippen molar-refractivity contribution in [2.75, 3.05) is 6.61 Å². The van der Waals surface area contributed by atoms with Gasteiger partial charge in [-0.25, -0.2) is 4.39 Å². The van der Waals surface area contributed by atoms with Crippen molar-refractivity contribution < 1.29 is 29.6 Å². The lowest BCUT2D eigenvalue weighted by Crippen LogP contribution is -2.55. The van der Waals surface area contributed by atoms with E-state index in [1.165, 1.54) is 12.1 Å². The number of rotatable bonds is 5.